The standard InChI is InChI=1S/C76H148O17P2/c1-7-9-11-13-15-17-19-20-21-22-23-24-25-26-27-36-42-48-54-60-75(80)92-72(65-87-74(79)59-53-47-41-35-30-28-32-38-44-50-56-68(3)4)67-91-95(84,85)89-63-70(77)62-88-94(82,83)90-66-71(64-86-73(78)58-52-46-40-34-18-16-14-12-10-8-2)93-76(81)61-55-49-43-37-31-29-33-39-45-51-57-69(5)6/h68-72,77H,7-67H2,1-6H3,(H,82,83)(H,84,85)/t70-,71+,72+/m0/s1. The van der Waals surface area contributed by atoms with Gasteiger partial charge in [0.05, 0.1) is 26.4 Å². The topological polar surface area (TPSA) is 237 Å². The summed E-state index contributed by atoms with van der Waals surface area (Å²) in [5.74, 6) is -0.605. The van der Waals surface area contributed by atoms with Crippen molar-refractivity contribution >= 4 is 39.5 Å². The molecule has 0 aliphatic rings. The van der Waals surface area contributed by atoms with Crippen molar-refractivity contribution in [2.45, 2.75) is 413 Å². The number of aliphatic hydroxyl groups is 1. The highest BCUT2D eigenvalue weighted by molar-refractivity contribution is 7.47. The zero-order chi connectivity index (χ0) is 70.0. The molecule has 17 nitrogen and oxygen atoms in total. The second-order valence-electron chi connectivity index (χ2n) is 28.3. The minimum atomic E-state index is -4.96. The molecule has 2 unspecified atom stereocenters. The maximum Gasteiger partial charge on any atom is 0.472 e. The first-order valence-electron chi connectivity index (χ1n) is 39.5. The number of carbonyl (C=O) groups is 4. The fourth-order valence-electron chi connectivity index (χ4n) is 11.7. The van der Waals surface area contributed by atoms with E-state index in [0.29, 0.717) is 25.7 Å². The monoisotopic (exact) mass is 1400 g/mol. The zero-order valence-corrected chi connectivity index (χ0v) is 63.8. The van der Waals surface area contributed by atoms with Crippen LogP contribution in [-0.2, 0) is 65.4 Å². The Labute approximate surface area is 581 Å². The number of aliphatic hydroxyl groups excluding tert-OH is 1. The van der Waals surface area contributed by atoms with Gasteiger partial charge in [-0.05, 0) is 37.5 Å². The molecule has 0 bridgehead atoms. The molecule has 3 N–H and O–H groups in total. The highest BCUT2D eigenvalue weighted by Gasteiger charge is 2.30. The average molecular weight is 1400 g/mol. The maximum absolute atomic E-state index is 13.1. The van der Waals surface area contributed by atoms with Gasteiger partial charge in [-0.3, -0.25) is 37.3 Å². The van der Waals surface area contributed by atoms with E-state index < -0.39 is 97.5 Å². The van der Waals surface area contributed by atoms with E-state index in [1.54, 1.807) is 0 Å². The van der Waals surface area contributed by atoms with E-state index in [1.165, 1.54) is 212 Å². The predicted molar refractivity (Wildman–Crippen MR) is 386 cm³/mol. The van der Waals surface area contributed by atoms with E-state index in [4.69, 9.17) is 37.0 Å². The number of phosphoric ester groups is 2. The van der Waals surface area contributed by atoms with Gasteiger partial charge in [-0.1, -0.05) is 343 Å². The Kier molecular flexibility index (Phi) is 66.5. The van der Waals surface area contributed by atoms with Gasteiger partial charge in [0, 0.05) is 25.7 Å². The van der Waals surface area contributed by atoms with Crippen LogP contribution in [-0.4, -0.2) is 96.7 Å². The van der Waals surface area contributed by atoms with Crippen LogP contribution in [0.5, 0.6) is 0 Å². The number of rotatable bonds is 75. The van der Waals surface area contributed by atoms with Crippen molar-refractivity contribution < 1.29 is 80.2 Å². The third-order valence-corrected chi connectivity index (χ3v) is 19.6. The van der Waals surface area contributed by atoms with E-state index in [0.717, 1.165) is 102 Å². The number of unbranched alkanes of at least 4 members (excludes halogenated alkanes) is 45. The summed E-state index contributed by atoms with van der Waals surface area (Å²) >= 11 is 0. The number of hydrogen-bond acceptors (Lipinski definition) is 15. The van der Waals surface area contributed by atoms with Crippen LogP contribution in [0, 0.1) is 11.8 Å². The van der Waals surface area contributed by atoms with Crippen LogP contribution in [0.15, 0.2) is 0 Å². The summed E-state index contributed by atoms with van der Waals surface area (Å²) < 4.78 is 68.5. The van der Waals surface area contributed by atoms with Crippen LogP contribution in [0.3, 0.4) is 0 Å². The van der Waals surface area contributed by atoms with Gasteiger partial charge in [0.2, 0.25) is 0 Å². The van der Waals surface area contributed by atoms with Crippen LogP contribution >= 0.6 is 15.6 Å². The Morgan fingerprint density at radius 2 is 0.484 bits per heavy atom. The molecule has 0 rings (SSSR count). The minimum Gasteiger partial charge on any atom is -0.462 e. The molecule has 0 spiro atoms. The summed E-state index contributed by atoms with van der Waals surface area (Å²) in [6.45, 7) is 9.57. The van der Waals surface area contributed by atoms with Crippen molar-refractivity contribution in [2.24, 2.45) is 11.8 Å². The van der Waals surface area contributed by atoms with E-state index in [1.807, 2.05) is 0 Å². The molecule has 564 valence electrons. The number of esters is 4. The van der Waals surface area contributed by atoms with Gasteiger partial charge in [0.1, 0.15) is 19.3 Å². The molecule has 0 saturated carbocycles. The van der Waals surface area contributed by atoms with Crippen molar-refractivity contribution in [1.82, 2.24) is 0 Å². The fraction of sp³-hybridized carbons (Fsp3) is 0.947. The molecular weight excluding hydrogens is 1250 g/mol. The highest BCUT2D eigenvalue weighted by atomic mass is 31.2. The molecule has 0 aliphatic carbocycles. The first kappa shape index (κ1) is 93.1. The molecule has 0 aromatic carbocycles. The largest absolute Gasteiger partial charge is 0.472 e. The maximum atomic E-state index is 13.1. The Balaban J connectivity index is 5.23. The van der Waals surface area contributed by atoms with Crippen molar-refractivity contribution in [3.8, 4) is 0 Å². The van der Waals surface area contributed by atoms with Gasteiger partial charge >= 0.3 is 39.5 Å². The van der Waals surface area contributed by atoms with Crippen LogP contribution in [0.25, 0.3) is 0 Å². The summed E-state index contributed by atoms with van der Waals surface area (Å²) in [6.07, 6.45) is 55.5. The highest BCUT2D eigenvalue weighted by Crippen LogP contribution is 2.45. The summed E-state index contributed by atoms with van der Waals surface area (Å²) in [6, 6.07) is 0. The molecule has 5 atom stereocenters. The molecule has 0 radical (unpaired) electrons. The van der Waals surface area contributed by atoms with Gasteiger partial charge in [-0.15, -0.1) is 0 Å². The van der Waals surface area contributed by atoms with Crippen molar-refractivity contribution in [2.75, 3.05) is 39.6 Å². The molecular formula is C76H148O17P2. The third kappa shape index (κ3) is 70.3. The second-order valence-corrected chi connectivity index (χ2v) is 31.3. The van der Waals surface area contributed by atoms with Gasteiger partial charge in [0.25, 0.3) is 0 Å². The Morgan fingerprint density at radius 3 is 0.716 bits per heavy atom. The quantitative estimate of drug-likeness (QED) is 0.0222. The molecule has 0 fully saturated rings. The van der Waals surface area contributed by atoms with Crippen LogP contribution in [0.2, 0.25) is 0 Å². The second kappa shape index (κ2) is 67.9. The van der Waals surface area contributed by atoms with Gasteiger partial charge in [-0.25, -0.2) is 9.13 Å². The lowest BCUT2D eigenvalue weighted by Gasteiger charge is -2.21. The van der Waals surface area contributed by atoms with Crippen LogP contribution in [0.1, 0.15) is 395 Å². The molecule has 19 heteroatoms. The Bertz CT molecular complexity index is 1840. The normalized spacial score (nSPS) is 14.0. The lowest BCUT2D eigenvalue weighted by molar-refractivity contribution is -0.161. The van der Waals surface area contributed by atoms with Gasteiger partial charge in [-0.2, -0.15) is 0 Å². The van der Waals surface area contributed by atoms with Crippen molar-refractivity contribution in [3.63, 3.8) is 0 Å². The van der Waals surface area contributed by atoms with Gasteiger partial charge < -0.3 is 33.8 Å². The number of phosphoric acid groups is 2. The van der Waals surface area contributed by atoms with Crippen LogP contribution < -0.4 is 0 Å². The first-order valence-corrected chi connectivity index (χ1v) is 42.5. The number of ether oxygens (including phenoxy) is 4. The van der Waals surface area contributed by atoms with E-state index in [9.17, 15) is 43.2 Å². The summed E-state index contributed by atoms with van der Waals surface area (Å²) in [5.41, 5.74) is 0. The van der Waals surface area contributed by atoms with Crippen molar-refractivity contribution in [1.29, 1.82) is 0 Å². The molecule has 0 aliphatic heterocycles. The minimum absolute atomic E-state index is 0.106. The van der Waals surface area contributed by atoms with Crippen LogP contribution in [0.4, 0.5) is 0 Å². The first-order chi connectivity index (χ1) is 45.9. The van der Waals surface area contributed by atoms with E-state index >= 15 is 0 Å². The smallest absolute Gasteiger partial charge is 0.462 e. The van der Waals surface area contributed by atoms with Gasteiger partial charge in [0.15, 0.2) is 12.2 Å². The average Bonchev–Trinajstić information content (AvgIpc) is 1.41. The third-order valence-electron chi connectivity index (χ3n) is 17.7. The zero-order valence-electron chi connectivity index (χ0n) is 62.0. The van der Waals surface area contributed by atoms with E-state index in [-0.39, 0.29) is 25.7 Å². The van der Waals surface area contributed by atoms with E-state index in [2.05, 4.69) is 41.5 Å². The lowest BCUT2D eigenvalue weighted by Crippen LogP contribution is -2.30. The number of carbonyl (C=O) groups excluding carboxylic acids is 4. The molecule has 0 heterocycles. The predicted octanol–water partition coefficient (Wildman–Crippen LogP) is 22.3. The molecule has 0 amide bonds. The SMILES string of the molecule is CCCCCCCCCCCCCCCCCCCCCC(=O)O[C@H](COC(=O)CCCCCCCCCCCCC(C)C)COP(=O)(O)OC[C@@H](O)COP(=O)(O)OC[C@@H](COC(=O)CCCCCCCCCCCC)OC(=O)CCCCCCCCCCCCC(C)C. The fourth-order valence-corrected chi connectivity index (χ4v) is 13.2. The molecule has 0 aromatic heterocycles. The van der Waals surface area contributed by atoms with Crippen molar-refractivity contribution in [3.05, 3.63) is 0 Å². The molecule has 95 heavy (non-hydrogen) atoms. The Morgan fingerprint density at radius 1 is 0.284 bits per heavy atom. The summed E-state index contributed by atoms with van der Waals surface area (Å²) in [7, 11) is -9.91. The Hall–Kier alpha value is -1.94. The molecule has 0 aromatic rings. The summed E-state index contributed by atoms with van der Waals surface area (Å²) in [4.78, 5) is 72.8. The molecule has 0 saturated heterocycles. The lowest BCUT2D eigenvalue weighted by atomic mass is 10.0. The summed E-state index contributed by atoms with van der Waals surface area (Å²) in [5, 5.41) is 10.6. The number of hydrogen-bond donors (Lipinski definition) is 3.